The SMILES string of the molecule is COc1ccc(CC(=O)N2CCCO2)cc1F. The number of hydroxylamine groups is 2. The van der Waals surface area contributed by atoms with Crippen molar-refractivity contribution in [3.8, 4) is 5.75 Å². The maximum absolute atomic E-state index is 13.4. The lowest BCUT2D eigenvalue weighted by molar-refractivity contribution is -0.167. The van der Waals surface area contributed by atoms with E-state index >= 15 is 0 Å². The Kier molecular flexibility index (Phi) is 3.58. The Morgan fingerprint density at radius 3 is 3.00 bits per heavy atom. The first-order chi connectivity index (χ1) is 8.20. The number of carbonyl (C=O) groups is 1. The van der Waals surface area contributed by atoms with E-state index < -0.39 is 5.82 Å². The Labute approximate surface area is 98.9 Å². The average molecular weight is 239 g/mol. The second-order valence-electron chi connectivity index (χ2n) is 3.83. The number of benzene rings is 1. The molecule has 0 saturated carbocycles. The summed E-state index contributed by atoms with van der Waals surface area (Å²) in [7, 11) is 1.40. The van der Waals surface area contributed by atoms with Gasteiger partial charge in [0.05, 0.1) is 26.7 Å². The number of nitrogens with zero attached hydrogens (tertiary/aromatic N) is 1. The third-order valence-corrected chi connectivity index (χ3v) is 2.60. The van der Waals surface area contributed by atoms with Gasteiger partial charge in [-0.3, -0.25) is 9.63 Å². The molecule has 5 heteroatoms. The summed E-state index contributed by atoms with van der Waals surface area (Å²) < 4.78 is 18.2. The van der Waals surface area contributed by atoms with E-state index in [1.165, 1.54) is 24.3 Å². The van der Waals surface area contributed by atoms with Crippen LogP contribution in [0.15, 0.2) is 18.2 Å². The first-order valence-electron chi connectivity index (χ1n) is 5.46. The molecule has 1 amide bonds. The first-order valence-corrected chi connectivity index (χ1v) is 5.46. The second kappa shape index (κ2) is 5.14. The summed E-state index contributed by atoms with van der Waals surface area (Å²) >= 11 is 0. The van der Waals surface area contributed by atoms with Crippen molar-refractivity contribution >= 4 is 5.91 Å². The molecule has 0 radical (unpaired) electrons. The number of rotatable bonds is 3. The van der Waals surface area contributed by atoms with Crippen LogP contribution in [0.3, 0.4) is 0 Å². The Bertz CT molecular complexity index is 416. The first kappa shape index (κ1) is 11.9. The topological polar surface area (TPSA) is 38.8 Å². The van der Waals surface area contributed by atoms with E-state index in [-0.39, 0.29) is 18.1 Å². The third kappa shape index (κ3) is 2.74. The molecule has 0 N–H and O–H groups in total. The molecule has 1 fully saturated rings. The Morgan fingerprint density at radius 1 is 1.59 bits per heavy atom. The van der Waals surface area contributed by atoms with Crippen LogP contribution in [0.1, 0.15) is 12.0 Å². The minimum absolute atomic E-state index is 0.140. The van der Waals surface area contributed by atoms with Gasteiger partial charge in [0.2, 0.25) is 0 Å². The molecule has 1 aliphatic rings. The van der Waals surface area contributed by atoms with Gasteiger partial charge in [0.1, 0.15) is 0 Å². The van der Waals surface area contributed by atoms with Crippen LogP contribution < -0.4 is 4.74 Å². The van der Waals surface area contributed by atoms with Crippen molar-refractivity contribution in [2.24, 2.45) is 0 Å². The number of hydrogen-bond acceptors (Lipinski definition) is 3. The molecule has 0 atom stereocenters. The number of carbonyl (C=O) groups excluding carboxylic acids is 1. The maximum Gasteiger partial charge on any atom is 0.250 e. The van der Waals surface area contributed by atoms with Gasteiger partial charge in [-0.25, -0.2) is 9.45 Å². The van der Waals surface area contributed by atoms with Gasteiger partial charge in [0.25, 0.3) is 5.91 Å². The summed E-state index contributed by atoms with van der Waals surface area (Å²) in [6.45, 7) is 1.18. The van der Waals surface area contributed by atoms with Crippen LogP contribution >= 0.6 is 0 Å². The highest BCUT2D eigenvalue weighted by molar-refractivity contribution is 5.78. The van der Waals surface area contributed by atoms with Crippen LogP contribution in [0, 0.1) is 5.82 Å². The predicted octanol–water partition coefficient (Wildman–Crippen LogP) is 1.54. The van der Waals surface area contributed by atoms with Crippen molar-refractivity contribution in [3.63, 3.8) is 0 Å². The molecule has 0 unspecified atom stereocenters. The van der Waals surface area contributed by atoms with E-state index in [9.17, 15) is 9.18 Å². The Balaban J connectivity index is 2.03. The van der Waals surface area contributed by atoms with E-state index in [4.69, 9.17) is 9.57 Å². The molecule has 1 aromatic carbocycles. The molecule has 1 saturated heterocycles. The molecular formula is C12H14FNO3. The molecule has 0 spiro atoms. The van der Waals surface area contributed by atoms with Gasteiger partial charge in [-0.15, -0.1) is 0 Å². The van der Waals surface area contributed by atoms with Crippen LogP contribution in [0.5, 0.6) is 5.75 Å². The van der Waals surface area contributed by atoms with E-state index in [2.05, 4.69) is 0 Å². The van der Waals surface area contributed by atoms with Crippen molar-refractivity contribution in [2.75, 3.05) is 20.3 Å². The Hall–Kier alpha value is -1.62. The number of methoxy groups -OCH3 is 1. The fourth-order valence-electron chi connectivity index (χ4n) is 1.73. The summed E-state index contributed by atoms with van der Waals surface area (Å²) in [5.74, 6) is -0.425. The lowest BCUT2D eigenvalue weighted by Gasteiger charge is -2.13. The van der Waals surface area contributed by atoms with Crippen LogP contribution in [-0.4, -0.2) is 31.2 Å². The maximum atomic E-state index is 13.4. The van der Waals surface area contributed by atoms with Crippen molar-refractivity contribution in [3.05, 3.63) is 29.6 Å². The zero-order chi connectivity index (χ0) is 12.3. The smallest absolute Gasteiger partial charge is 0.250 e. The van der Waals surface area contributed by atoms with Crippen LogP contribution in [0.2, 0.25) is 0 Å². The summed E-state index contributed by atoms with van der Waals surface area (Å²) in [5.41, 5.74) is 0.615. The molecule has 17 heavy (non-hydrogen) atoms. The molecular weight excluding hydrogens is 225 g/mol. The fraction of sp³-hybridized carbons (Fsp3) is 0.417. The molecule has 2 rings (SSSR count). The standard InChI is InChI=1S/C12H14FNO3/c1-16-11-4-3-9(7-10(11)13)8-12(15)14-5-2-6-17-14/h3-4,7H,2,5-6,8H2,1H3. The van der Waals surface area contributed by atoms with Crippen LogP contribution in [0.4, 0.5) is 4.39 Å². The van der Waals surface area contributed by atoms with Crippen LogP contribution in [0.25, 0.3) is 0 Å². The van der Waals surface area contributed by atoms with E-state index in [1.807, 2.05) is 0 Å². The van der Waals surface area contributed by atoms with Gasteiger partial charge in [-0.1, -0.05) is 6.07 Å². The third-order valence-electron chi connectivity index (χ3n) is 2.60. The highest BCUT2D eigenvalue weighted by atomic mass is 19.1. The summed E-state index contributed by atoms with van der Waals surface area (Å²) in [4.78, 5) is 16.9. The van der Waals surface area contributed by atoms with Gasteiger partial charge in [-0.05, 0) is 24.1 Å². The quantitative estimate of drug-likeness (QED) is 0.803. The zero-order valence-corrected chi connectivity index (χ0v) is 9.61. The predicted molar refractivity (Wildman–Crippen MR) is 58.9 cm³/mol. The van der Waals surface area contributed by atoms with Gasteiger partial charge in [-0.2, -0.15) is 0 Å². The largest absolute Gasteiger partial charge is 0.494 e. The Morgan fingerprint density at radius 2 is 2.41 bits per heavy atom. The van der Waals surface area contributed by atoms with Crippen LogP contribution in [-0.2, 0) is 16.1 Å². The van der Waals surface area contributed by atoms with Crippen molar-refractivity contribution < 1.29 is 18.8 Å². The van der Waals surface area contributed by atoms with E-state index in [1.54, 1.807) is 6.07 Å². The minimum atomic E-state index is -0.458. The molecule has 4 nitrogen and oxygen atoms in total. The van der Waals surface area contributed by atoms with Crippen molar-refractivity contribution in [1.82, 2.24) is 5.06 Å². The van der Waals surface area contributed by atoms with E-state index in [0.29, 0.717) is 18.7 Å². The van der Waals surface area contributed by atoms with Gasteiger partial charge < -0.3 is 4.74 Å². The molecule has 0 aliphatic carbocycles. The van der Waals surface area contributed by atoms with Gasteiger partial charge in [0.15, 0.2) is 11.6 Å². The fourth-order valence-corrected chi connectivity index (χ4v) is 1.73. The lowest BCUT2D eigenvalue weighted by atomic mass is 10.1. The highest BCUT2D eigenvalue weighted by Crippen LogP contribution is 2.18. The number of amides is 1. The summed E-state index contributed by atoms with van der Waals surface area (Å²) in [5, 5.41) is 1.34. The molecule has 92 valence electrons. The van der Waals surface area contributed by atoms with Gasteiger partial charge >= 0.3 is 0 Å². The van der Waals surface area contributed by atoms with Crippen molar-refractivity contribution in [2.45, 2.75) is 12.8 Å². The normalized spacial score (nSPS) is 15.1. The summed E-state index contributed by atoms with van der Waals surface area (Å²) in [6.07, 6.45) is 0.990. The zero-order valence-electron chi connectivity index (χ0n) is 9.61. The average Bonchev–Trinajstić information content (AvgIpc) is 2.82. The monoisotopic (exact) mass is 239 g/mol. The molecule has 1 heterocycles. The molecule has 0 bridgehead atoms. The number of ether oxygens (including phenoxy) is 1. The molecule has 1 aliphatic heterocycles. The van der Waals surface area contributed by atoms with Crippen molar-refractivity contribution in [1.29, 1.82) is 0 Å². The molecule has 0 aromatic heterocycles. The lowest BCUT2D eigenvalue weighted by Crippen LogP contribution is -2.28. The van der Waals surface area contributed by atoms with Gasteiger partial charge in [0, 0.05) is 0 Å². The highest BCUT2D eigenvalue weighted by Gasteiger charge is 2.19. The molecule has 1 aromatic rings. The second-order valence-corrected chi connectivity index (χ2v) is 3.83. The van der Waals surface area contributed by atoms with E-state index in [0.717, 1.165) is 6.42 Å². The number of hydrogen-bond donors (Lipinski definition) is 0. The summed E-state index contributed by atoms with van der Waals surface area (Å²) in [6, 6.07) is 4.51. The number of halogens is 1. The minimum Gasteiger partial charge on any atom is -0.494 e.